The van der Waals surface area contributed by atoms with Gasteiger partial charge in [0.05, 0.1) is 34.7 Å². The molecule has 4 heteroatoms. The molecule has 0 saturated carbocycles. The van der Waals surface area contributed by atoms with Crippen LogP contribution >= 0.6 is 0 Å². The molecule has 1 aliphatic rings. The van der Waals surface area contributed by atoms with Gasteiger partial charge < -0.3 is 0 Å². The topological polar surface area (TPSA) is 73.4 Å². The van der Waals surface area contributed by atoms with Gasteiger partial charge in [0.15, 0.2) is 0 Å². The molecule has 1 aliphatic carbocycles. The van der Waals surface area contributed by atoms with Gasteiger partial charge in [-0.3, -0.25) is 9.97 Å². The van der Waals surface area contributed by atoms with Crippen LogP contribution in [-0.4, -0.2) is 9.97 Å². The van der Waals surface area contributed by atoms with Crippen molar-refractivity contribution in [3.63, 3.8) is 0 Å². The Labute approximate surface area is 296 Å². The molecule has 51 heavy (non-hydrogen) atoms. The lowest BCUT2D eigenvalue weighted by molar-refractivity contribution is 0.661. The number of fused-ring (bicyclic) bond motifs is 5. The van der Waals surface area contributed by atoms with E-state index in [4.69, 9.17) is 0 Å². The van der Waals surface area contributed by atoms with E-state index in [1.807, 2.05) is 12.1 Å². The van der Waals surface area contributed by atoms with Crippen molar-refractivity contribution < 1.29 is 0 Å². The third-order valence-corrected chi connectivity index (χ3v) is 10.4. The molecule has 9 rings (SSSR count). The molecule has 0 unspecified atom stereocenters. The predicted octanol–water partition coefficient (Wildman–Crippen LogP) is 11.5. The van der Waals surface area contributed by atoms with Gasteiger partial charge in [0.25, 0.3) is 0 Å². The summed E-state index contributed by atoms with van der Waals surface area (Å²) >= 11 is 0. The highest BCUT2D eigenvalue weighted by Gasteiger charge is 2.36. The van der Waals surface area contributed by atoms with Gasteiger partial charge in [-0.15, -0.1) is 0 Å². The minimum absolute atomic E-state index is 0.177. The molecule has 0 amide bonds. The van der Waals surface area contributed by atoms with E-state index >= 15 is 0 Å². The van der Waals surface area contributed by atoms with Crippen LogP contribution in [0.1, 0.15) is 36.1 Å². The molecule has 0 radical (unpaired) electrons. The molecule has 0 saturated heterocycles. The molecule has 0 bridgehead atoms. The van der Waals surface area contributed by atoms with Crippen LogP contribution in [0, 0.1) is 22.7 Å². The van der Waals surface area contributed by atoms with Gasteiger partial charge in [0.1, 0.15) is 0 Å². The average molecular weight is 651 g/mol. The molecule has 0 spiro atoms. The van der Waals surface area contributed by atoms with Crippen molar-refractivity contribution >= 4 is 21.5 Å². The number of aromatic nitrogens is 2. The van der Waals surface area contributed by atoms with E-state index in [0.717, 1.165) is 55.5 Å². The molecule has 0 aliphatic heterocycles. The summed E-state index contributed by atoms with van der Waals surface area (Å²) in [5.41, 5.74) is 14.1. The van der Waals surface area contributed by atoms with Crippen LogP contribution < -0.4 is 0 Å². The van der Waals surface area contributed by atoms with Gasteiger partial charge in [0, 0.05) is 28.9 Å². The molecular weight excluding hydrogens is 621 g/mol. The summed E-state index contributed by atoms with van der Waals surface area (Å²) in [6.07, 6.45) is 3.40. The Morgan fingerprint density at radius 3 is 1.53 bits per heavy atom. The summed E-state index contributed by atoms with van der Waals surface area (Å²) in [6.45, 7) is 4.65. The quantitative estimate of drug-likeness (QED) is 0.178. The lowest BCUT2D eigenvalue weighted by Crippen LogP contribution is -2.14. The molecule has 0 atom stereocenters. The molecule has 4 nitrogen and oxygen atoms in total. The zero-order valence-electron chi connectivity index (χ0n) is 28.1. The van der Waals surface area contributed by atoms with Crippen LogP contribution in [-0.2, 0) is 5.41 Å². The molecular formula is C47H30N4. The minimum atomic E-state index is -0.177. The van der Waals surface area contributed by atoms with Crippen molar-refractivity contribution in [1.29, 1.82) is 10.5 Å². The third-order valence-electron chi connectivity index (χ3n) is 10.4. The Kier molecular flexibility index (Phi) is 6.88. The summed E-state index contributed by atoms with van der Waals surface area (Å²) in [5.74, 6) is 0. The number of pyridine rings is 2. The Morgan fingerprint density at radius 1 is 0.451 bits per heavy atom. The molecule has 0 N–H and O–H groups in total. The van der Waals surface area contributed by atoms with E-state index in [0.29, 0.717) is 11.1 Å². The first kappa shape index (κ1) is 30.2. The fourth-order valence-corrected chi connectivity index (χ4v) is 7.98. The highest BCUT2D eigenvalue weighted by molar-refractivity contribution is 6.22. The van der Waals surface area contributed by atoms with E-state index in [1.165, 1.54) is 33.0 Å². The standard InChI is InChI=1S/C47H30N4/c1-47(2)41-16-6-5-13-35(41)38-25-39-40(26-42(38)47)46(34-12-8-10-32(24-34)44-22-30(28-49)18-20-51-44)37-15-4-3-14-36(37)45(39)33-11-7-9-31(23-33)43-21-29(27-48)17-19-50-43/h3-26H,1-2H3. The second-order valence-electron chi connectivity index (χ2n) is 13.7. The van der Waals surface area contributed by atoms with Crippen LogP contribution in [0.15, 0.2) is 146 Å². The first-order chi connectivity index (χ1) is 24.9. The monoisotopic (exact) mass is 650 g/mol. The Bertz CT molecular complexity index is 2810. The molecule has 238 valence electrons. The predicted molar refractivity (Wildman–Crippen MR) is 206 cm³/mol. The van der Waals surface area contributed by atoms with Gasteiger partial charge >= 0.3 is 0 Å². The first-order valence-electron chi connectivity index (χ1n) is 17.0. The fraction of sp³-hybridized carbons (Fsp3) is 0.0638. The van der Waals surface area contributed by atoms with Crippen LogP contribution in [0.2, 0.25) is 0 Å². The minimum Gasteiger partial charge on any atom is -0.256 e. The number of nitrogens with zero attached hydrogens (tertiary/aromatic N) is 4. The second kappa shape index (κ2) is 11.6. The lowest BCUT2D eigenvalue weighted by atomic mass is 9.79. The second-order valence-corrected chi connectivity index (χ2v) is 13.7. The number of hydrogen-bond donors (Lipinski definition) is 0. The van der Waals surface area contributed by atoms with Gasteiger partial charge in [0.2, 0.25) is 0 Å². The smallest absolute Gasteiger partial charge is 0.0992 e. The van der Waals surface area contributed by atoms with E-state index in [-0.39, 0.29) is 5.41 Å². The molecule has 2 aromatic heterocycles. The van der Waals surface area contributed by atoms with Crippen molar-refractivity contribution in [3.8, 4) is 68.0 Å². The Morgan fingerprint density at radius 2 is 0.961 bits per heavy atom. The molecule has 8 aromatic rings. The number of hydrogen-bond acceptors (Lipinski definition) is 4. The number of benzene rings is 6. The number of rotatable bonds is 4. The average Bonchev–Trinajstić information content (AvgIpc) is 3.41. The summed E-state index contributed by atoms with van der Waals surface area (Å²) in [5, 5.41) is 23.8. The van der Waals surface area contributed by atoms with Crippen molar-refractivity contribution in [1.82, 2.24) is 9.97 Å². The SMILES string of the molecule is CC1(C)c2ccccc2-c2cc3c(-c4cccc(-c5cc(C#N)ccn5)c4)c4ccccc4c(-c4cccc(-c5cc(C#N)ccn5)c4)c3cc21. The van der Waals surface area contributed by atoms with Gasteiger partial charge in [-0.25, -0.2) is 0 Å². The van der Waals surface area contributed by atoms with Crippen LogP contribution in [0.3, 0.4) is 0 Å². The van der Waals surface area contributed by atoms with Gasteiger partial charge in [-0.2, -0.15) is 10.5 Å². The van der Waals surface area contributed by atoms with Crippen molar-refractivity contribution in [2.24, 2.45) is 0 Å². The highest BCUT2D eigenvalue weighted by Crippen LogP contribution is 2.53. The van der Waals surface area contributed by atoms with Crippen molar-refractivity contribution in [3.05, 3.63) is 168 Å². The summed E-state index contributed by atoms with van der Waals surface area (Å²) in [4.78, 5) is 9.26. The van der Waals surface area contributed by atoms with Crippen LogP contribution in [0.5, 0.6) is 0 Å². The molecule has 2 heterocycles. The van der Waals surface area contributed by atoms with Crippen LogP contribution in [0.4, 0.5) is 0 Å². The zero-order chi connectivity index (χ0) is 34.7. The summed E-state index contributed by atoms with van der Waals surface area (Å²) in [7, 11) is 0. The Hall–Kier alpha value is -6.88. The maximum absolute atomic E-state index is 9.59. The van der Waals surface area contributed by atoms with E-state index in [9.17, 15) is 10.5 Å². The van der Waals surface area contributed by atoms with E-state index in [1.54, 1.807) is 24.5 Å². The van der Waals surface area contributed by atoms with Crippen molar-refractivity contribution in [2.75, 3.05) is 0 Å². The first-order valence-corrected chi connectivity index (χ1v) is 17.0. The lowest BCUT2D eigenvalue weighted by Gasteiger charge is -2.24. The highest BCUT2D eigenvalue weighted by atomic mass is 14.7. The number of nitriles is 2. The molecule has 6 aromatic carbocycles. The largest absolute Gasteiger partial charge is 0.256 e. The van der Waals surface area contributed by atoms with Gasteiger partial charge in [-0.05, 0) is 115 Å². The van der Waals surface area contributed by atoms with Crippen LogP contribution in [0.25, 0.3) is 77.4 Å². The zero-order valence-corrected chi connectivity index (χ0v) is 28.1. The summed E-state index contributed by atoms with van der Waals surface area (Å²) < 4.78 is 0. The van der Waals surface area contributed by atoms with E-state index < -0.39 is 0 Å². The Balaban J connectivity index is 1.38. The maximum Gasteiger partial charge on any atom is 0.0992 e. The van der Waals surface area contributed by atoms with Gasteiger partial charge in [-0.1, -0.05) is 98.8 Å². The molecule has 0 fully saturated rings. The van der Waals surface area contributed by atoms with E-state index in [2.05, 4.69) is 145 Å². The summed E-state index contributed by atoms with van der Waals surface area (Å²) in [6, 6.07) is 51.0. The third kappa shape index (κ3) is 4.81. The maximum atomic E-state index is 9.59. The van der Waals surface area contributed by atoms with Crippen molar-refractivity contribution in [2.45, 2.75) is 19.3 Å². The normalized spacial score (nSPS) is 12.6. The fourth-order valence-electron chi connectivity index (χ4n) is 7.98.